The molecule has 5 heteroatoms. The molecule has 0 atom stereocenters. The van der Waals surface area contributed by atoms with Crippen LogP contribution in [0.2, 0.25) is 0 Å². The standard InChI is InChI=1S/C11H22N2O2S/c1-2-13(11-6-7-11)16(14,15)9-3-8-12-10-4-5-10/h10-12H,2-9H2,1H3. The Labute approximate surface area is 98.4 Å². The van der Waals surface area contributed by atoms with Crippen LogP contribution in [-0.2, 0) is 10.0 Å². The molecule has 1 N–H and O–H groups in total. The van der Waals surface area contributed by atoms with E-state index < -0.39 is 10.0 Å². The molecule has 2 aliphatic carbocycles. The van der Waals surface area contributed by atoms with Gasteiger partial charge in [0.25, 0.3) is 0 Å². The van der Waals surface area contributed by atoms with E-state index in [1.807, 2.05) is 6.92 Å². The van der Waals surface area contributed by atoms with Crippen LogP contribution in [-0.4, -0.2) is 43.6 Å². The SMILES string of the molecule is CCN(C1CC1)S(=O)(=O)CCCNC1CC1. The molecule has 0 aliphatic heterocycles. The Kier molecular flexibility index (Phi) is 3.87. The zero-order chi connectivity index (χ0) is 11.6. The summed E-state index contributed by atoms with van der Waals surface area (Å²) in [4.78, 5) is 0. The summed E-state index contributed by atoms with van der Waals surface area (Å²) in [6.07, 6.45) is 5.36. The van der Waals surface area contributed by atoms with Crippen LogP contribution < -0.4 is 5.32 Å². The van der Waals surface area contributed by atoms with Crippen molar-refractivity contribution in [2.24, 2.45) is 0 Å². The number of hydrogen-bond donors (Lipinski definition) is 1. The summed E-state index contributed by atoms with van der Waals surface area (Å²) in [5.74, 6) is 0.303. The second-order valence-electron chi connectivity index (χ2n) is 4.83. The highest BCUT2D eigenvalue weighted by molar-refractivity contribution is 7.89. The molecule has 0 unspecified atom stereocenters. The summed E-state index contributed by atoms with van der Waals surface area (Å²) in [6.45, 7) is 3.40. The molecule has 0 amide bonds. The Morgan fingerprint density at radius 2 is 1.94 bits per heavy atom. The predicted octanol–water partition coefficient (Wildman–Crippen LogP) is 0.943. The maximum absolute atomic E-state index is 12.0. The number of nitrogens with zero attached hydrogens (tertiary/aromatic N) is 1. The maximum atomic E-state index is 12.0. The quantitative estimate of drug-likeness (QED) is 0.649. The van der Waals surface area contributed by atoms with E-state index >= 15 is 0 Å². The van der Waals surface area contributed by atoms with Crippen molar-refractivity contribution in [2.75, 3.05) is 18.8 Å². The second kappa shape index (κ2) is 5.02. The molecule has 2 fully saturated rings. The van der Waals surface area contributed by atoms with Crippen molar-refractivity contribution in [1.29, 1.82) is 0 Å². The van der Waals surface area contributed by atoms with Crippen LogP contribution in [0.15, 0.2) is 0 Å². The third-order valence-corrected chi connectivity index (χ3v) is 5.29. The van der Waals surface area contributed by atoms with Crippen molar-refractivity contribution in [3.63, 3.8) is 0 Å². The molecule has 2 saturated carbocycles. The largest absolute Gasteiger partial charge is 0.314 e. The molecule has 0 saturated heterocycles. The molecular weight excluding hydrogens is 224 g/mol. The van der Waals surface area contributed by atoms with E-state index in [1.165, 1.54) is 12.8 Å². The average molecular weight is 246 g/mol. The van der Waals surface area contributed by atoms with Crippen LogP contribution >= 0.6 is 0 Å². The van der Waals surface area contributed by atoms with Crippen molar-refractivity contribution in [2.45, 2.75) is 51.1 Å². The molecule has 0 aromatic carbocycles. The minimum atomic E-state index is -2.99. The Hall–Kier alpha value is -0.130. The number of sulfonamides is 1. The first-order valence-electron chi connectivity index (χ1n) is 6.36. The van der Waals surface area contributed by atoms with Crippen LogP contribution in [0, 0.1) is 0 Å². The smallest absolute Gasteiger partial charge is 0.214 e. The van der Waals surface area contributed by atoms with Gasteiger partial charge in [0.1, 0.15) is 0 Å². The third-order valence-electron chi connectivity index (χ3n) is 3.21. The first kappa shape index (κ1) is 12.3. The summed E-state index contributed by atoms with van der Waals surface area (Å²) in [6, 6.07) is 0.986. The highest BCUT2D eigenvalue weighted by Crippen LogP contribution is 2.29. The lowest BCUT2D eigenvalue weighted by atomic mass is 10.5. The van der Waals surface area contributed by atoms with Gasteiger partial charge in [-0.2, -0.15) is 4.31 Å². The molecule has 16 heavy (non-hydrogen) atoms. The van der Waals surface area contributed by atoms with Crippen LogP contribution in [0.3, 0.4) is 0 Å². The van der Waals surface area contributed by atoms with Gasteiger partial charge in [0.2, 0.25) is 10.0 Å². The topological polar surface area (TPSA) is 49.4 Å². The van der Waals surface area contributed by atoms with Crippen LogP contribution in [0.4, 0.5) is 0 Å². The predicted molar refractivity (Wildman–Crippen MR) is 64.8 cm³/mol. The number of rotatable bonds is 8. The zero-order valence-corrected chi connectivity index (χ0v) is 10.8. The summed E-state index contributed by atoms with van der Waals surface area (Å²) < 4.78 is 25.7. The molecule has 0 aromatic heterocycles. The summed E-state index contributed by atoms with van der Waals surface area (Å²) >= 11 is 0. The minimum absolute atomic E-state index is 0.303. The number of hydrogen-bond acceptors (Lipinski definition) is 3. The lowest BCUT2D eigenvalue weighted by Gasteiger charge is -2.19. The highest BCUT2D eigenvalue weighted by atomic mass is 32.2. The molecular formula is C11H22N2O2S. The van der Waals surface area contributed by atoms with E-state index in [9.17, 15) is 8.42 Å². The molecule has 0 bridgehead atoms. The first-order chi connectivity index (χ1) is 7.63. The van der Waals surface area contributed by atoms with Crippen molar-refractivity contribution in [3.05, 3.63) is 0 Å². The van der Waals surface area contributed by atoms with Gasteiger partial charge in [-0.1, -0.05) is 6.92 Å². The summed E-state index contributed by atoms with van der Waals surface area (Å²) in [5.41, 5.74) is 0. The zero-order valence-electron chi connectivity index (χ0n) is 9.98. The van der Waals surface area contributed by atoms with Gasteiger partial charge in [-0.25, -0.2) is 8.42 Å². The van der Waals surface area contributed by atoms with E-state index in [2.05, 4.69) is 5.32 Å². The Balaban J connectivity index is 1.71. The van der Waals surface area contributed by atoms with Gasteiger partial charge in [0.15, 0.2) is 0 Å². The molecule has 0 radical (unpaired) electrons. The van der Waals surface area contributed by atoms with Gasteiger partial charge in [-0.3, -0.25) is 0 Å². The fourth-order valence-corrected chi connectivity index (χ4v) is 3.81. The van der Waals surface area contributed by atoms with Gasteiger partial charge in [0, 0.05) is 18.6 Å². The minimum Gasteiger partial charge on any atom is -0.314 e. The van der Waals surface area contributed by atoms with Crippen LogP contribution in [0.5, 0.6) is 0 Å². The van der Waals surface area contributed by atoms with Crippen molar-refractivity contribution >= 4 is 10.0 Å². The van der Waals surface area contributed by atoms with E-state index in [0.29, 0.717) is 24.4 Å². The molecule has 0 aromatic rings. The van der Waals surface area contributed by atoms with E-state index in [0.717, 1.165) is 25.8 Å². The first-order valence-corrected chi connectivity index (χ1v) is 7.97. The van der Waals surface area contributed by atoms with Gasteiger partial charge in [-0.05, 0) is 38.6 Å². The molecule has 2 aliphatic rings. The van der Waals surface area contributed by atoms with Crippen LogP contribution in [0.1, 0.15) is 39.0 Å². The molecule has 2 rings (SSSR count). The molecule has 0 spiro atoms. The van der Waals surface area contributed by atoms with Gasteiger partial charge in [-0.15, -0.1) is 0 Å². The normalized spacial score (nSPS) is 21.6. The fraction of sp³-hybridized carbons (Fsp3) is 1.00. The van der Waals surface area contributed by atoms with E-state index in [-0.39, 0.29) is 0 Å². The summed E-state index contributed by atoms with van der Waals surface area (Å²) in [7, 11) is -2.99. The summed E-state index contributed by atoms with van der Waals surface area (Å²) in [5, 5.41) is 3.35. The maximum Gasteiger partial charge on any atom is 0.214 e. The lowest BCUT2D eigenvalue weighted by Crippen LogP contribution is -2.35. The molecule has 0 heterocycles. The Bertz CT molecular complexity index is 321. The Morgan fingerprint density at radius 3 is 2.44 bits per heavy atom. The second-order valence-corrected chi connectivity index (χ2v) is 6.87. The lowest BCUT2D eigenvalue weighted by molar-refractivity contribution is 0.419. The highest BCUT2D eigenvalue weighted by Gasteiger charge is 2.35. The van der Waals surface area contributed by atoms with Gasteiger partial charge < -0.3 is 5.32 Å². The van der Waals surface area contributed by atoms with Crippen LogP contribution in [0.25, 0.3) is 0 Å². The van der Waals surface area contributed by atoms with Crippen molar-refractivity contribution in [3.8, 4) is 0 Å². The van der Waals surface area contributed by atoms with E-state index in [1.54, 1.807) is 4.31 Å². The van der Waals surface area contributed by atoms with E-state index in [4.69, 9.17) is 0 Å². The van der Waals surface area contributed by atoms with Crippen molar-refractivity contribution in [1.82, 2.24) is 9.62 Å². The van der Waals surface area contributed by atoms with Gasteiger partial charge >= 0.3 is 0 Å². The molecule has 4 nitrogen and oxygen atoms in total. The fourth-order valence-electron chi connectivity index (χ4n) is 2.01. The van der Waals surface area contributed by atoms with Crippen molar-refractivity contribution < 1.29 is 8.42 Å². The number of nitrogens with one attached hydrogen (secondary N) is 1. The van der Waals surface area contributed by atoms with Gasteiger partial charge in [0.05, 0.1) is 5.75 Å². The Morgan fingerprint density at radius 1 is 1.25 bits per heavy atom. The third kappa shape index (κ3) is 3.43. The monoisotopic (exact) mass is 246 g/mol. The molecule has 94 valence electrons. The average Bonchev–Trinajstić information content (AvgIpc) is 3.06.